The number of aromatic nitrogens is 3. The Kier molecular flexibility index (Phi) is 12.8. The summed E-state index contributed by atoms with van der Waals surface area (Å²) < 4.78 is 1.58. The standard InChI is InChI=1S/C21H29N7O.C14H22ClN/c1-21(2,3)17-11-15-13-28(20(29)27-18(15)26-17)16-7-5-14(6-8-16)12-24-9-4-10-25-19(22)23;1-14(2,3)12-10-11(6-4-5-9-16)7-8-13(12)15/h5-8,11,13,24H,4,9-10,12H2,1-3H3,(H4,22,23,25)(H,26,27,29);7-8,10H,4-6,9,16H2,1-3H3. The van der Waals surface area contributed by atoms with Gasteiger partial charge in [-0.05, 0) is 85.1 Å². The monoisotopic (exact) mass is 634 g/mol. The van der Waals surface area contributed by atoms with Crippen LogP contribution in [0.5, 0.6) is 0 Å². The first kappa shape index (κ1) is 35.8. The van der Waals surface area contributed by atoms with Crippen molar-refractivity contribution in [1.82, 2.24) is 19.9 Å². The molecule has 2 heterocycles. The van der Waals surface area contributed by atoms with Gasteiger partial charge in [-0.3, -0.25) is 9.56 Å². The molecule has 0 aliphatic rings. The Bertz CT molecular complexity index is 1600. The maximum absolute atomic E-state index is 12.5. The van der Waals surface area contributed by atoms with Gasteiger partial charge in [-0.25, -0.2) is 4.79 Å². The fraction of sp³-hybridized carbons (Fsp3) is 0.457. The molecule has 0 radical (unpaired) electrons. The number of hydrogen-bond acceptors (Lipinski definition) is 5. The van der Waals surface area contributed by atoms with Crippen molar-refractivity contribution < 1.29 is 0 Å². The molecule has 0 atom stereocenters. The Morgan fingerprint density at radius 1 is 0.956 bits per heavy atom. The number of H-pyrrole nitrogens is 1. The summed E-state index contributed by atoms with van der Waals surface area (Å²) in [6.45, 7) is 15.9. The number of benzene rings is 2. The first-order valence-corrected chi connectivity index (χ1v) is 16.0. The molecule has 2 aromatic heterocycles. The van der Waals surface area contributed by atoms with E-state index in [4.69, 9.17) is 28.8 Å². The minimum absolute atomic E-state index is 0.0352. The van der Waals surface area contributed by atoms with E-state index in [9.17, 15) is 4.79 Å². The fourth-order valence-corrected chi connectivity index (χ4v) is 5.18. The van der Waals surface area contributed by atoms with Crippen LogP contribution in [0.2, 0.25) is 5.02 Å². The first-order valence-electron chi connectivity index (χ1n) is 15.7. The number of aryl methyl sites for hydroxylation is 1. The van der Waals surface area contributed by atoms with Crippen molar-refractivity contribution >= 4 is 28.6 Å². The summed E-state index contributed by atoms with van der Waals surface area (Å²) >= 11 is 6.22. The average Bonchev–Trinajstić information content (AvgIpc) is 3.39. The molecule has 9 nitrogen and oxygen atoms in total. The lowest BCUT2D eigenvalue weighted by molar-refractivity contribution is 0.574. The highest BCUT2D eigenvalue weighted by Crippen LogP contribution is 2.30. The average molecular weight is 635 g/mol. The van der Waals surface area contributed by atoms with Crippen LogP contribution in [0.4, 0.5) is 0 Å². The Morgan fingerprint density at radius 2 is 1.64 bits per heavy atom. The van der Waals surface area contributed by atoms with Crippen molar-refractivity contribution in [1.29, 1.82) is 0 Å². The predicted molar refractivity (Wildman–Crippen MR) is 190 cm³/mol. The molecule has 0 spiro atoms. The van der Waals surface area contributed by atoms with Crippen molar-refractivity contribution in [3.05, 3.63) is 92.6 Å². The summed E-state index contributed by atoms with van der Waals surface area (Å²) in [7, 11) is 0. The maximum Gasteiger partial charge on any atom is 0.354 e. The number of aromatic amines is 1. The molecule has 0 amide bonds. The molecule has 4 rings (SSSR count). The molecule has 0 fully saturated rings. The van der Waals surface area contributed by atoms with E-state index in [2.05, 4.69) is 80.0 Å². The second-order valence-corrected chi connectivity index (χ2v) is 13.9. The molecule has 244 valence electrons. The van der Waals surface area contributed by atoms with Crippen LogP contribution in [0.15, 0.2) is 64.5 Å². The number of guanidine groups is 1. The molecule has 0 aliphatic heterocycles. The molecule has 45 heavy (non-hydrogen) atoms. The van der Waals surface area contributed by atoms with Gasteiger partial charge >= 0.3 is 5.69 Å². The number of nitrogens with one attached hydrogen (secondary N) is 2. The Labute approximate surface area is 272 Å². The molecule has 0 aliphatic carbocycles. The van der Waals surface area contributed by atoms with Crippen LogP contribution in [0.3, 0.4) is 0 Å². The summed E-state index contributed by atoms with van der Waals surface area (Å²) in [4.78, 5) is 23.9. The van der Waals surface area contributed by atoms with E-state index in [0.717, 1.165) is 72.7 Å². The van der Waals surface area contributed by atoms with E-state index in [1.807, 2.05) is 36.5 Å². The topological polar surface area (TPSA) is 153 Å². The molecular weight excluding hydrogens is 584 g/mol. The lowest BCUT2D eigenvalue weighted by atomic mass is 9.85. The predicted octanol–water partition coefficient (Wildman–Crippen LogP) is 5.68. The van der Waals surface area contributed by atoms with Crippen molar-refractivity contribution in [2.24, 2.45) is 22.2 Å². The number of nitrogens with two attached hydrogens (primary N) is 3. The van der Waals surface area contributed by atoms with Gasteiger partial charge in [0.15, 0.2) is 5.96 Å². The fourth-order valence-electron chi connectivity index (χ4n) is 4.78. The second-order valence-electron chi connectivity index (χ2n) is 13.4. The van der Waals surface area contributed by atoms with Crippen LogP contribution in [-0.2, 0) is 23.8 Å². The molecule has 0 saturated heterocycles. The van der Waals surface area contributed by atoms with Gasteiger partial charge in [-0.15, -0.1) is 0 Å². The zero-order chi connectivity index (χ0) is 33.2. The molecular formula is C35H51ClN8O. The van der Waals surface area contributed by atoms with E-state index in [-0.39, 0.29) is 22.5 Å². The normalized spacial score (nSPS) is 11.7. The van der Waals surface area contributed by atoms with Gasteiger partial charge in [0.1, 0.15) is 5.65 Å². The SMILES string of the molecule is CC(C)(C)c1cc(CCCCN)ccc1Cl.CC(C)(C)c1cc2cn(-c3ccc(CNCCCN=C(N)N)cc3)c(=O)nc2[nH]1. The van der Waals surface area contributed by atoms with Gasteiger partial charge in [0.25, 0.3) is 0 Å². The minimum atomic E-state index is -0.301. The van der Waals surface area contributed by atoms with Crippen molar-refractivity contribution in [3.63, 3.8) is 0 Å². The van der Waals surface area contributed by atoms with Gasteiger partial charge in [0, 0.05) is 40.8 Å². The number of hydrogen-bond donors (Lipinski definition) is 5. The van der Waals surface area contributed by atoms with Gasteiger partial charge < -0.3 is 27.5 Å². The molecule has 0 unspecified atom stereocenters. The van der Waals surface area contributed by atoms with Crippen LogP contribution < -0.4 is 28.2 Å². The first-order chi connectivity index (χ1) is 21.2. The Balaban J connectivity index is 0.000000292. The summed E-state index contributed by atoms with van der Waals surface area (Å²) in [6.07, 6.45) is 6.05. The molecule has 0 saturated carbocycles. The van der Waals surface area contributed by atoms with Crippen LogP contribution in [-0.4, -0.2) is 40.1 Å². The Hall–Kier alpha value is -3.66. The van der Waals surface area contributed by atoms with Gasteiger partial charge in [0.2, 0.25) is 0 Å². The lowest BCUT2D eigenvalue weighted by Gasteiger charge is -2.21. The highest BCUT2D eigenvalue weighted by atomic mass is 35.5. The third-order valence-electron chi connectivity index (χ3n) is 7.42. The van der Waals surface area contributed by atoms with Gasteiger partial charge in [0.05, 0.1) is 5.69 Å². The van der Waals surface area contributed by atoms with Crippen molar-refractivity contribution in [3.8, 4) is 5.69 Å². The number of halogens is 1. The zero-order valence-electron chi connectivity index (χ0n) is 27.7. The third kappa shape index (κ3) is 11.0. The smallest absolute Gasteiger partial charge is 0.354 e. The molecule has 4 aromatic rings. The lowest BCUT2D eigenvalue weighted by Crippen LogP contribution is -2.23. The van der Waals surface area contributed by atoms with E-state index >= 15 is 0 Å². The van der Waals surface area contributed by atoms with Crippen molar-refractivity contribution in [2.45, 2.75) is 84.6 Å². The second kappa shape index (κ2) is 16.1. The van der Waals surface area contributed by atoms with Gasteiger partial charge in [-0.1, -0.05) is 77.4 Å². The van der Waals surface area contributed by atoms with Crippen molar-refractivity contribution in [2.75, 3.05) is 19.6 Å². The summed E-state index contributed by atoms with van der Waals surface area (Å²) in [5.41, 5.74) is 22.1. The summed E-state index contributed by atoms with van der Waals surface area (Å²) in [6, 6.07) is 16.3. The van der Waals surface area contributed by atoms with Gasteiger partial charge in [-0.2, -0.15) is 4.98 Å². The largest absolute Gasteiger partial charge is 0.370 e. The Morgan fingerprint density at radius 3 is 2.27 bits per heavy atom. The van der Waals surface area contributed by atoms with Crippen LogP contribution in [0, 0.1) is 0 Å². The van der Waals surface area contributed by atoms with E-state index in [1.54, 1.807) is 4.57 Å². The highest BCUT2D eigenvalue weighted by Gasteiger charge is 2.18. The number of unbranched alkanes of at least 4 members (excludes halogenated alkanes) is 1. The molecule has 8 N–H and O–H groups in total. The summed E-state index contributed by atoms with van der Waals surface area (Å²) in [5, 5.41) is 5.14. The quantitative estimate of drug-likeness (QED) is 0.0812. The number of aliphatic imine (C=N–C) groups is 1. The highest BCUT2D eigenvalue weighted by molar-refractivity contribution is 6.31. The molecule has 10 heteroatoms. The van der Waals surface area contributed by atoms with E-state index in [1.165, 1.54) is 11.1 Å². The number of fused-ring (bicyclic) bond motifs is 1. The third-order valence-corrected chi connectivity index (χ3v) is 7.75. The molecule has 0 bridgehead atoms. The van der Waals surface area contributed by atoms with E-state index in [0.29, 0.717) is 12.2 Å². The minimum Gasteiger partial charge on any atom is -0.370 e. The number of rotatable bonds is 11. The maximum atomic E-state index is 12.5. The van der Waals surface area contributed by atoms with Crippen LogP contribution >= 0.6 is 11.6 Å². The van der Waals surface area contributed by atoms with E-state index < -0.39 is 0 Å². The van der Waals surface area contributed by atoms with Crippen LogP contribution in [0.1, 0.15) is 83.2 Å². The van der Waals surface area contributed by atoms with Crippen LogP contribution in [0.25, 0.3) is 16.7 Å². The summed E-state index contributed by atoms with van der Waals surface area (Å²) in [5.74, 6) is 0.123. The number of nitrogens with zero attached hydrogens (tertiary/aromatic N) is 3. The zero-order valence-corrected chi connectivity index (χ0v) is 28.5. The molecule has 2 aromatic carbocycles.